The van der Waals surface area contributed by atoms with E-state index in [0.29, 0.717) is 12.1 Å². The number of methoxy groups -OCH3 is 1. The third-order valence-electron chi connectivity index (χ3n) is 5.29. The molecule has 1 aliphatic rings. The number of carboxylic acid groups (broad SMARTS) is 1. The van der Waals surface area contributed by atoms with E-state index in [9.17, 15) is 14.3 Å². The maximum atomic E-state index is 13.7. The number of anilines is 1. The van der Waals surface area contributed by atoms with Crippen molar-refractivity contribution in [2.75, 3.05) is 45.2 Å². The number of piperidine rings is 1. The van der Waals surface area contributed by atoms with Crippen LogP contribution in [0, 0.1) is 11.7 Å². The normalized spacial score (nSPS) is 15.6. The molecule has 28 heavy (non-hydrogen) atoms. The number of rotatable bonds is 7. The number of aromatic carboxylic acids is 1. The SMILES string of the molecule is COc1cc(-c2onc(N(C)CCN3CCC(C)CC3)c2C(=O)O)ccc1F. The van der Waals surface area contributed by atoms with Crippen molar-refractivity contribution in [2.45, 2.75) is 19.8 Å². The Morgan fingerprint density at radius 1 is 1.43 bits per heavy atom. The molecule has 8 heteroatoms. The van der Waals surface area contributed by atoms with Gasteiger partial charge in [-0.15, -0.1) is 0 Å². The number of hydrogen-bond donors (Lipinski definition) is 1. The van der Waals surface area contributed by atoms with Crippen LogP contribution in [0.4, 0.5) is 10.2 Å². The summed E-state index contributed by atoms with van der Waals surface area (Å²) in [5, 5.41) is 13.7. The average Bonchev–Trinajstić information content (AvgIpc) is 3.13. The van der Waals surface area contributed by atoms with Gasteiger partial charge in [0.2, 0.25) is 0 Å². The number of benzene rings is 1. The van der Waals surface area contributed by atoms with Gasteiger partial charge in [0, 0.05) is 25.7 Å². The van der Waals surface area contributed by atoms with E-state index in [4.69, 9.17) is 9.26 Å². The van der Waals surface area contributed by atoms with Crippen LogP contribution in [0.5, 0.6) is 5.75 Å². The summed E-state index contributed by atoms with van der Waals surface area (Å²) in [5.41, 5.74) is 0.358. The molecule has 0 atom stereocenters. The number of likely N-dealkylation sites (tertiary alicyclic amines) is 1. The van der Waals surface area contributed by atoms with Crippen LogP contribution in [0.25, 0.3) is 11.3 Å². The highest BCUT2D eigenvalue weighted by atomic mass is 19.1. The summed E-state index contributed by atoms with van der Waals surface area (Å²) in [7, 11) is 3.15. The zero-order chi connectivity index (χ0) is 20.3. The van der Waals surface area contributed by atoms with Crippen LogP contribution in [0.2, 0.25) is 0 Å². The smallest absolute Gasteiger partial charge is 0.343 e. The Morgan fingerprint density at radius 2 is 2.14 bits per heavy atom. The lowest BCUT2D eigenvalue weighted by atomic mass is 9.99. The minimum Gasteiger partial charge on any atom is -0.494 e. The van der Waals surface area contributed by atoms with Crippen molar-refractivity contribution in [1.82, 2.24) is 10.1 Å². The van der Waals surface area contributed by atoms with E-state index in [2.05, 4.69) is 17.0 Å². The van der Waals surface area contributed by atoms with Gasteiger partial charge in [0.25, 0.3) is 0 Å². The van der Waals surface area contributed by atoms with Gasteiger partial charge >= 0.3 is 5.97 Å². The lowest BCUT2D eigenvalue weighted by Crippen LogP contribution is -2.38. The summed E-state index contributed by atoms with van der Waals surface area (Å²) < 4.78 is 24.0. The van der Waals surface area contributed by atoms with E-state index >= 15 is 0 Å². The molecule has 1 saturated heterocycles. The van der Waals surface area contributed by atoms with Crippen LogP contribution in [-0.4, -0.2) is 61.5 Å². The monoisotopic (exact) mass is 391 g/mol. The zero-order valence-corrected chi connectivity index (χ0v) is 16.4. The first-order chi connectivity index (χ1) is 13.4. The van der Waals surface area contributed by atoms with Gasteiger partial charge in [-0.3, -0.25) is 0 Å². The highest BCUT2D eigenvalue weighted by Crippen LogP contribution is 2.33. The Bertz CT molecular complexity index is 831. The number of carbonyl (C=O) groups is 1. The second-order valence-electron chi connectivity index (χ2n) is 7.31. The molecule has 2 heterocycles. The molecular weight excluding hydrogens is 365 g/mol. The van der Waals surface area contributed by atoms with E-state index in [0.717, 1.165) is 25.6 Å². The number of halogens is 1. The van der Waals surface area contributed by atoms with Gasteiger partial charge < -0.3 is 24.2 Å². The molecule has 0 radical (unpaired) electrons. The van der Waals surface area contributed by atoms with Crippen molar-refractivity contribution in [2.24, 2.45) is 5.92 Å². The molecule has 0 saturated carbocycles. The zero-order valence-electron chi connectivity index (χ0n) is 16.4. The molecule has 152 valence electrons. The molecule has 7 nitrogen and oxygen atoms in total. The van der Waals surface area contributed by atoms with Crippen LogP contribution in [0.3, 0.4) is 0 Å². The fourth-order valence-corrected chi connectivity index (χ4v) is 3.42. The lowest BCUT2D eigenvalue weighted by molar-refractivity contribution is 0.0697. The number of hydrogen-bond acceptors (Lipinski definition) is 6. The summed E-state index contributed by atoms with van der Waals surface area (Å²) >= 11 is 0. The van der Waals surface area contributed by atoms with Crippen molar-refractivity contribution in [3.8, 4) is 17.1 Å². The van der Waals surface area contributed by atoms with Gasteiger partial charge in [0.05, 0.1) is 7.11 Å². The van der Waals surface area contributed by atoms with E-state index < -0.39 is 11.8 Å². The van der Waals surface area contributed by atoms with E-state index in [1.807, 2.05) is 0 Å². The fraction of sp³-hybridized carbons (Fsp3) is 0.500. The number of ether oxygens (including phenoxy) is 1. The summed E-state index contributed by atoms with van der Waals surface area (Å²) in [4.78, 5) is 16.1. The van der Waals surface area contributed by atoms with Crippen molar-refractivity contribution in [3.63, 3.8) is 0 Å². The molecule has 1 aromatic carbocycles. The van der Waals surface area contributed by atoms with Crippen molar-refractivity contribution in [1.29, 1.82) is 0 Å². The van der Waals surface area contributed by atoms with Crippen LogP contribution >= 0.6 is 0 Å². The number of carboxylic acids is 1. The summed E-state index contributed by atoms with van der Waals surface area (Å²) in [6.45, 7) is 5.84. The van der Waals surface area contributed by atoms with E-state index in [-0.39, 0.29) is 22.9 Å². The lowest BCUT2D eigenvalue weighted by Gasteiger charge is -2.31. The highest BCUT2D eigenvalue weighted by molar-refractivity contribution is 5.99. The number of likely N-dealkylation sites (N-methyl/N-ethyl adjacent to an activating group) is 1. The molecule has 2 aromatic rings. The molecule has 0 bridgehead atoms. The average molecular weight is 391 g/mol. The Morgan fingerprint density at radius 3 is 2.79 bits per heavy atom. The van der Waals surface area contributed by atoms with E-state index in [1.54, 1.807) is 11.9 Å². The Hall–Kier alpha value is -2.61. The van der Waals surface area contributed by atoms with Gasteiger partial charge in [0.15, 0.2) is 28.7 Å². The minimum absolute atomic E-state index is 0.0134. The molecule has 1 aliphatic heterocycles. The summed E-state index contributed by atoms with van der Waals surface area (Å²) in [6.07, 6.45) is 2.37. The Balaban J connectivity index is 1.79. The topological polar surface area (TPSA) is 79.0 Å². The highest BCUT2D eigenvalue weighted by Gasteiger charge is 2.27. The predicted octanol–water partition coefficient (Wildman–Crippen LogP) is 3.36. The third kappa shape index (κ3) is 4.27. The molecule has 1 N–H and O–H groups in total. The van der Waals surface area contributed by atoms with Gasteiger partial charge in [0.1, 0.15) is 0 Å². The first kappa shape index (κ1) is 20.1. The van der Waals surface area contributed by atoms with Crippen LogP contribution in [-0.2, 0) is 0 Å². The Labute approximate surface area is 163 Å². The van der Waals surface area contributed by atoms with Crippen molar-refractivity contribution >= 4 is 11.8 Å². The molecule has 1 aromatic heterocycles. The second kappa shape index (κ2) is 8.60. The maximum absolute atomic E-state index is 13.7. The second-order valence-corrected chi connectivity index (χ2v) is 7.31. The first-order valence-electron chi connectivity index (χ1n) is 9.41. The number of aromatic nitrogens is 1. The van der Waals surface area contributed by atoms with Crippen LogP contribution in [0.15, 0.2) is 22.7 Å². The minimum atomic E-state index is -1.15. The quantitative estimate of drug-likeness (QED) is 0.775. The standard InChI is InChI=1S/C20H26FN3O4/c1-13-6-8-24(9-7-13)11-10-23(2)19-17(20(25)26)18(28-22-19)14-4-5-15(21)16(12-14)27-3/h4-5,12-13H,6-11H2,1-3H3,(H,25,26). The molecule has 1 fully saturated rings. The fourth-order valence-electron chi connectivity index (χ4n) is 3.42. The molecule has 0 aliphatic carbocycles. The molecular formula is C20H26FN3O4. The van der Waals surface area contributed by atoms with Gasteiger partial charge in [-0.1, -0.05) is 12.1 Å². The summed E-state index contributed by atoms with van der Waals surface area (Å²) in [6, 6.07) is 4.06. The third-order valence-corrected chi connectivity index (χ3v) is 5.29. The molecule has 0 unspecified atom stereocenters. The molecule has 0 amide bonds. The van der Waals surface area contributed by atoms with Crippen LogP contribution < -0.4 is 9.64 Å². The maximum Gasteiger partial charge on any atom is 0.343 e. The predicted molar refractivity (Wildman–Crippen MR) is 104 cm³/mol. The summed E-state index contributed by atoms with van der Waals surface area (Å²) in [5.74, 6) is -0.558. The van der Waals surface area contributed by atoms with Crippen LogP contribution in [0.1, 0.15) is 30.1 Å². The van der Waals surface area contributed by atoms with Crippen molar-refractivity contribution < 1.29 is 23.6 Å². The largest absolute Gasteiger partial charge is 0.494 e. The number of nitrogens with zero attached hydrogens (tertiary/aromatic N) is 3. The Kier molecular flexibility index (Phi) is 6.18. The van der Waals surface area contributed by atoms with Gasteiger partial charge in [-0.05, 0) is 50.0 Å². The van der Waals surface area contributed by atoms with Gasteiger partial charge in [-0.25, -0.2) is 9.18 Å². The molecule has 0 spiro atoms. The van der Waals surface area contributed by atoms with Gasteiger partial charge in [-0.2, -0.15) is 0 Å². The van der Waals surface area contributed by atoms with Crippen molar-refractivity contribution in [3.05, 3.63) is 29.6 Å². The molecule has 3 rings (SSSR count). The first-order valence-corrected chi connectivity index (χ1v) is 9.41. The van der Waals surface area contributed by atoms with E-state index in [1.165, 1.54) is 38.2 Å².